The molecule has 2 heterocycles. The standard InChI is InChI=1S/C19H16N2O4/c1-10-20-13-6-4-11(8-14(13)21-10)17-9-15(22)12-5-7-16(23-2)19(24-3)18(12)25-17/h4-9H,1-3H3,(H,20,21). The van der Waals surface area contributed by atoms with Crippen LogP contribution in [0.4, 0.5) is 0 Å². The first-order valence-corrected chi connectivity index (χ1v) is 7.76. The van der Waals surface area contributed by atoms with E-state index in [1.54, 1.807) is 19.2 Å². The zero-order chi connectivity index (χ0) is 17.6. The second-order valence-electron chi connectivity index (χ2n) is 5.71. The molecule has 0 radical (unpaired) electrons. The molecule has 0 unspecified atom stereocenters. The van der Waals surface area contributed by atoms with Crippen LogP contribution in [-0.2, 0) is 0 Å². The average Bonchev–Trinajstić information content (AvgIpc) is 2.99. The number of rotatable bonds is 3. The molecule has 0 aliphatic heterocycles. The number of fused-ring (bicyclic) bond motifs is 2. The van der Waals surface area contributed by atoms with E-state index in [9.17, 15) is 4.79 Å². The van der Waals surface area contributed by atoms with E-state index in [0.717, 1.165) is 22.4 Å². The summed E-state index contributed by atoms with van der Waals surface area (Å²) in [5.41, 5.74) is 2.75. The molecule has 6 heteroatoms. The number of imidazole rings is 1. The van der Waals surface area contributed by atoms with Crippen LogP contribution < -0.4 is 14.9 Å². The lowest BCUT2D eigenvalue weighted by Crippen LogP contribution is -2.02. The van der Waals surface area contributed by atoms with E-state index in [-0.39, 0.29) is 5.43 Å². The predicted molar refractivity (Wildman–Crippen MR) is 95.4 cm³/mol. The van der Waals surface area contributed by atoms with Gasteiger partial charge in [-0.3, -0.25) is 4.79 Å². The fourth-order valence-corrected chi connectivity index (χ4v) is 2.96. The van der Waals surface area contributed by atoms with Crippen molar-refractivity contribution >= 4 is 22.0 Å². The Morgan fingerprint density at radius 1 is 1.08 bits per heavy atom. The van der Waals surface area contributed by atoms with Crippen LogP contribution in [0.5, 0.6) is 11.5 Å². The van der Waals surface area contributed by atoms with Crippen molar-refractivity contribution in [2.24, 2.45) is 0 Å². The molecule has 1 N–H and O–H groups in total. The van der Waals surface area contributed by atoms with Crippen LogP contribution >= 0.6 is 0 Å². The molecule has 2 aromatic heterocycles. The summed E-state index contributed by atoms with van der Waals surface area (Å²) in [5.74, 6) is 2.20. The second kappa shape index (κ2) is 5.66. The topological polar surface area (TPSA) is 77.4 Å². The van der Waals surface area contributed by atoms with Gasteiger partial charge in [0.2, 0.25) is 5.75 Å². The van der Waals surface area contributed by atoms with Gasteiger partial charge in [0.05, 0.1) is 30.6 Å². The maximum atomic E-state index is 12.5. The Morgan fingerprint density at radius 3 is 2.68 bits per heavy atom. The van der Waals surface area contributed by atoms with Crippen molar-refractivity contribution in [3.05, 3.63) is 52.4 Å². The molecule has 0 spiro atoms. The van der Waals surface area contributed by atoms with Crippen LogP contribution in [0.15, 0.2) is 45.6 Å². The number of methoxy groups -OCH3 is 2. The van der Waals surface area contributed by atoms with Gasteiger partial charge in [-0.15, -0.1) is 0 Å². The molecule has 6 nitrogen and oxygen atoms in total. The van der Waals surface area contributed by atoms with E-state index in [1.807, 2.05) is 25.1 Å². The van der Waals surface area contributed by atoms with E-state index in [0.29, 0.717) is 28.2 Å². The van der Waals surface area contributed by atoms with Gasteiger partial charge >= 0.3 is 0 Å². The Hall–Kier alpha value is -3.28. The number of aromatic amines is 1. The van der Waals surface area contributed by atoms with Crippen LogP contribution in [0.1, 0.15) is 5.82 Å². The Labute approximate surface area is 143 Å². The first-order chi connectivity index (χ1) is 12.1. The maximum Gasteiger partial charge on any atom is 0.204 e. The number of hydrogen-bond donors (Lipinski definition) is 1. The highest BCUT2D eigenvalue weighted by atomic mass is 16.5. The number of hydrogen-bond acceptors (Lipinski definition) is 5. The van der Waals surface area contributed by atoms with Crippen molar-refractivity contribution in [2.45, 2.75) is 6.92 Å². The van der Waals surface area contributed by atoms with E-state index in [2.05, 4.69) is 9.97 Å². The first kappa shape index (κ1) is 15.3. The number of benzene rings is 2. The summed E-state index contributed by atoms with van der Waals surface area (Å²) in [7, 11) is 3.06. The van der Waals surface area contributed by atoms with Gasteiger partial charge in [-0.1, -0.05) is 0 Å². The Bertz CT molecular complexity index is 1160. The van der Waals surface area contributed by atoms with Crippen molar-refractivity contribution in [3.8, 4) is 22.8 Å². The highest BCUT2D eigenvalue weighted by molar-refractivity contribution is 5.87. The van der Waals surface area contributed by atoms with Gasteiger partial charge in [-0.05, 0) is 37.3 Å². The SMILES string of the molecule is COc1ccc2c(=O)cc(-c3ccc4nc(C)[nH]c4c3)oc2c1OC. The van der Waals surface area contributed by atoms with Crippen molar-refractivity contribution in [1.82, 2.24) is 9.97 Å². The third-order valence-electron chi connectivity index (χ3n) is 4.12. The zero-order valence-corrected chi connectivity index (χ0v) is 14.0. The molecule has 0 fully saturated rings. The monoisotopic (exact) mass is 336 g/mol. The normalized spacial score (nSPS) is 11.2. The Kier molecular flexibility index (Phi) is 3.46. The van der Waals surface area contributed by atoms with Crippen molar-refractivity contribution in [2.75, 3.05) is 14.2 Å². The summed E-state index contributed by atoms with van der Waals surface area (Å²) in [4.78, 5) is 20.1. The lowest BCUT2D eigenvalue weighted by molar-refractivity contribution is 0.353. The molecule has 0 aliphatic rings. The molecule has 0 atom stereocenters. The molecule has 126 valence electrons. The summed E-state index contributed by atoms with van der Waals surface area (Å²) >= 11 is 0. The molecular formula is C19H16N2O4. The van der Waals surface area contributed by atoms with Crippen molar-refractivity contribution < 1.29 is 13.9 Å². The molecule has 25 heavy (non-hydrogen) atoms. The van der Waals surface area contributed by atoms with Gasteiger partial charge in [0.25, 0.3) is 0 Å². The van der Waals surface area contributed by atoms with Crippen LogP contribution in [0.25, 0.3) is 33.3 Å². The molecule has 0 amide bonds. The van der Waals surface area contributed by atoms with Crippen LogP contribution in [0.3, 0.4) is 0 Å². The van der Waals surface area contributed by atoms with Gasteiger partial charge in [0.1, 0.15) is 11.6 Å². The summed E-state index contributed by atoms with van der Waals surface area (Å²) in [5, 5.41) is 0.444. The quantitative estimate of drug-likeness (QED) is 0.618. The van der Waals surface area contributed by atoms with Crippen LogP contribution in [0, 0.1) is 6.92 Å². The van der Waals surface area contributed by atoms with Crippen LogP contribution in [-0.4, -0.2) is 24.2 Å². The Balaban J connectivity index is 1.98. The largest absolute Gasteiger partial charge is 0.493 e. The molecule has 4 aromatic rings. The average molecular weight is 336 g/mol. The molecule has 0 aliphatic carbocycles. The van der Waals surface area contributed by atoms with E-state index in [1.165, 1.54) is 13.2 Å². The number of aryl methyl sites for hydroxylation is 1. The highest BCUT2D eigenvalue weighted by Gasteiger charge is 2.16. The minimum atomic E-state index is -0.141. The minimum absolute atomic E-state index is 0.141. The first-order valence-electron chi connectivity index (χ1n) is 7.76. The summed E-state index contributed by atoms with van der Waals surface area (Å²) < 4.78 is 16.7. The van der Waals surface area contributed by atoms with E-state index in [4.69, 9.17) is 13.9 Å². The molecule has 4 rings (SSSR count). The summed E-state index contributed by atoms with van der Waals surface area (Å²) in [6.45, 7) is 1.90. The minimum Gasteiger partial charge on any atom is -0.493 e. The molecular weight excluding hydrogens is 320 g/mol. The van der Waals surface area contributed by atoms with E-state index < -0.39 is 0 Å². The highest BCUT2D eigenvalue weighted by Crippen LogP contribution is 2.36. The predicted octanol–water partition coefficient (Wildman–Crippen LogP) is 3.66. The van der Waals surface area contributed by atoms with E-state index >= 15 is 0 Å². The number of nitrogens with zero attached hydrogens (tertiary/aromatic N) is 1. The molecule has 2 aromatic carbocycles. The van der Waals surface area contributed by atoms with Gasteiger partial charge < -0.3 is 18.9 Å². The lowest BCUT2D eigenvalue weighted by atomic mass is 10.1. The zero-order valence-electron chi connectivity index (χ0n) is 14.0. The molecule has 0 saturated carbocycles. The lowest BCUT2D eigenvalue weighted by Gasteiger charge is -2.10. The fraction of sp³-hybridized carbons (Fsp3) is 0.158. The third-order valence-corrected chi connectivity index (χ3v) is 4.12. The van der Waals surface area contributed by atoms with Crippen molar-refractivity contribution in [1.29, 1.82) is 0 Å². The number of nitrogens with one attached hydrogen (secondary N) is 1. The molecule has 0 saturated heterocycles. The van der Waals surface area contributed by atoms with Gasteiger partial charge in [0.15, 0.2) is 16.8 Å². The van der Waals surface area contributed by atoms with Gasteiger partial charge in [-0.25, -0.2) is 4.98 Å². The summed E-state index contributed by atoms with van der Waals surface area (Å²) in [6, 6.07) is 10.5. The van der Waals surface area contributed by atoms with Gasteiger partial charge in [0, 0.05) is 11.6 Å². The second-order valence-corrected chi connectivity index (χ2v) is 5.71. The molecule has 0 bridgehead atoms. The van der Waals surface area contributed by atoms with Crippen molar-refractivity contribution in [3.63, 3.8) is 0 Å². The van der Waals surface area contributed by atoms with Crippen LogP contribution in [0.2, 0.25) is 0 Å². The number of ether oxygens (including phenoxy) is 2. The summed E-state index contributed by atoms with van der Waals surface area (Å²) in [6.07, 6.45) is 0. The fourth-order valence-electron chi connectivity index (χ4n) is 2.96. The maximum absolute atomic E-state index is 12.5. The Morgan fingerprint density at radius 2 is 1.92 bits per heavy atom. The van der Waals surface area contributed by atoms with Gasteiger partial charge in [-0.2, -0.15) is 0 Å². The smallest absolute Gasteiger partial charge is 0.204 e. The third kappa shape index (κ3) is 2.42. The number of aromatic nitrogens is 2. The number of H-pyrrole nitrogens is 1.